The van der Waals surface area contributed by atoms with E-state index < -0.39 is 5.54 Å². The largest absolute Gasteiger partial charge is 0.303 e. The van der Waals surface area contributed by atoms with Gasteiger partial charge in [-0.15, -0.1) is 11.8 Å². The lowest BCUT2D eigenvalue weighted by atomic mass is 10.0. The number of nitrogens with one attached hydrogen (secondary N) is 1. The summed E-state index contributed by atoms with van der Waals surface area (Å²) in [5.74, 6) is 0.907. The van der Waals surface area contributed by atoms with E-state index >= 15 is 0 Å². The average Bonchev–Trinajstić information content (AvgIpc) is 2.57. The normalized spacial score (nSPS) is 14.4. The summed E-state index contributed by atoms with van der Waals surface area (Å²) in [6.07, 6.45) is 0.814. The molecule has 1 aromatic heterocycles. The maximum atomic E-state index is 9.00. The van der Waals surface area contributed by atoms with Crippen molar-refractivity contribution in [3.63, 3.8) is 0 Å². The number of aromatic nitrogens is 2. The number of hydrogen-bond donors (Lipinski definition) is 1. The molecule has 0 saturated heterocycles. The highest BCUT2D eigenvalue weighted by Crippen LogP contribution is 2.21. The van der Waals surface area contributed by atoms with Gasteiger partial charge >= 0.3 is 0 Å². The molecule has 0 aliphatic rings. The van der Waals surface area contributed by atoms with E-state index in [2.05, 4.69) is 22.6 Å². The third-order valence-corrected chi connectivity index (χ3v) is 3.70. The Kier molecular flexibility index (Phi) is 4.39. The Labute approximate surface area is 101 Å². The molecule has 0 bridgehead atoms. The highest BCUT2D eigenvalue weighted by Gasteiger charge is 2.20. The minimum atomic E-state index is -0.430. The van der Waals surface area contributed by atoms with Gasteiger partial charge < -0.3 is 5.32 Å². The molecule has 0 aliphatic carbocycles. The van der Waals surface area contributed by atoms with Crippen molar-refractivity contribution in [3.8, 4) is 6.07 Å². The molecule has 1 heterocycles. The van der Waals surface area contributed by atoms with E-state index in [1.54, 1.807) is 11.8 Å². The van der Waals surface area contributed by atoms with E-state index in [1.807, 2.05) is 32.6 Å². The molecule has 0 radical (unpaired) electrons. The molecule has 0 aromatic carbocycles. The quantitative estimate of drug-likeness (QED) is 0.793. The van der Waals surface area contributed by atoms with Crippen LogP contribution in [0.4, 0.5) is 0 Å². The summed E-state index contributed by atoms with van der Waals surface area (Å²) in [6.45, 7) is 3.90. The highest BCUT2D eigenvalue weighted by atomic mass is 32.2. The predicted octanol–water partition coefficient (Wildman–Crippen LogP) is 1.71. The number of hydrogen-bond acceptors (Lipinski definition) is 4. The van der Waals surface area contributed by atoms with Gasteiger partial charge in [0.05, 0.1) is 16.8 Å². The molecular formula is C11H18N4S. The van der Waals surface area contributed by atoms with Crippen LogP contribution in [-0.4, -0.2) is 28.1 Å². The lowest BCUT2D eigenvalue weighted by Crippen LogP contribution is -2.38. The van der Waals surface area contributed by atoms with Crippen molar-refractivity contribution in [2.75, 3.05) is 12.8 Å². The summed E-state index contributed by atoms with van der Waals surface area (Å²) in [6, 6.07) is 4.35. The van der Waals surface area contributed by atoms with E-state index in [-0.39, 0.29) is 0 Å². The molecule has 1 atom stereocenters. The number of thioether (sulfide) groups is 1. The van der Waals surface area contributed by atoms with Gasteiger partial charge in [0.15, 0.2) is 0 Å². The Balaban J connectivity index is 2.48. The Morgan fingerprint density at radius 3 is 2.81 bits per heavy atom. The van der Waals surface area contributed by atoms with Crippen LogP contribution in [0, 0.1) is 18.3 Å². The fourth-order valence-corrected chi connectivity index (χ4v) is 2.52. The van der Waals surface area contributed by atoms with Gasteiger partial charge in [-0.3, -0.25) is 4.68 Å². The van der Waals surface area contributed by atoms with Crippen LogP contribution in [0.5, 0.6) is 0 Å². The van der Waals surface area contributed by atoms with Crippen molar-refractivity contribution in [2.45, 2.75) is 30.8 Å². The molecule has 88 valence electrons. The van der Waals surface area contributed by atoms with Crippen molar-refractivity contribution < 1.29 is 0 Å². The van der Waals surface area contributed by atoms with Crippen molar-refractivity contribution in [2.24, 2.45) is 7.05 Å². The highest BCUT2D eigenvalue weighted by molar-refractivity contribution is 7.99. The van der Waals surface area contributed by atoms with Gasteiger partial charge in [-0.2, -0.15) is 10.4 Å². The molecule has 0 fully saturated rings. The van der Waals surface area contributed by atoms with Crippen LogP contribution in [0.1, 0.15) is 19.0 Å². The Morgan fingerprint density at radius 2 is 2.38 bits per heavy atom. The number of aryl methyl sites for hydroxylation is 2. The Morgan fingerprint density at radius 1 is 1.69 bits per heavy atom. The summed E-state index contributed by atoms with van der Waals surface area (Å²) in [7, 11) is 3.76. The third-order valence-electron chi connectivity index (χ3n) is 2.61. The van der Waals surface area contributed by atoms with Crippen LogP contribution >= 0.6 is 11.8 Å². The smallest absolute Gasteiger partial charge is 0.104 e. The molecule has 5 heteroatoms. The van der Waals surface area contributed by atoms with E-state index in [0.29, 0.717) is 0 Å². The summed E-state index contributed by atoms with van der Waals surface area (Å²) in [4.78, 5) is 0. The zero-order valence-corrected chi connectivity index (χ0v) is 11.1. The number of nitrogens with zero attached hydrogens (tertiary/aromatic N) is 3. The van der Waals surface area contributed by atoms with Crippen LogP contribution in [0.15, 0.2) is 11.1 Å². The van der Waals surface area contributed by atoms with Crippen LogP contribution in [-0.2, 0) is 7.05 Å². The van der Waals surface area contributed by atoms with E-state index in [0.717, 1.165) is 22.9 Å². The Hall–Kier alpha value is -0.990. The lowest BCUT2D eigenvalue weighted by molar-refractivity contribution is 0.479. The van der Waals surface area contributed by atoms with E-state index in [1.165, 1.54) is 0 Å². The Bertz CT molecular complexity index is 393. The topological polar surface area (TPSA) is 53.6 Å². The molecule has 0 amide bonds. The maximum absolute atomic E-state index is 9.00. The fraction of sp³-hybridized carbons (Fsp3) is 0.636. The second-order valence-electron chi connectivity index (χ2n) is 4.04. The molecule has 1 rings (SSSR count). The standard InChI is InChI=1S/C11H18N4S/c1-9-7-10(15(4)14-9)16-6-5-11(2,8-12)13-3/h7,13H,5-6H2,1-4H3. The van der Waals surface area contributed by atoms with Crippen LogP contribution in [0.2, 0.25) is 0 Å². The first-order chi connectivity index (χ1) is 7.50. The summed E-state index contributed by atoms with van der Waals surface area (Å²) in [5, 5.41) is 17.5. The van der Waals surface area contributed by atoms with Crippen LogP contribution in [0.3, 0.4) is 0 Å². The molecule has 0 saturated carbocycles. The average molecular weight is 238 g/mol. The number of rotatable bonds is 5. The van der Waals surface area contributed by atoms with Gasteiger partial charge in [0, 0.05) is 12.8 Å². The minimum absolute atomic E-state index is 0.430. The summed E-state index contributed by atoms with van der Waals surface area (Å²) in [5.41, 5.74) is 0.599. The van der Waals surface area contributed by atoms with Gasteiger partial charge in [0.2, 0.25) is 0 Å². The first-order valence-corrected chi connectivity index (χ1v) is 6.23. The predicted molar refractivity (Wildman–Crippen MR) is 66.4 cm³/mol. The van der Waals surface area contributed by atoms with Gasteiger partial charge in [0.25, 0.3) is 0 Å². The second-order valence-corrected chi connectivity index (χ2v) is 5.16. The van der Waals surface area contributed by atoms with E-state index in [9.17, 15) is 0 Å². The van der Waals surface area contributed by atoms with Crippen LogP contribution < -0.4 is 5.32 Å². The zero-order chi connectivity index (χ0) is 12.2. The van der Waals surface area contributed by atoms with Crippen LogP contribution in [0.25, 0.3) is 0 Å². The lowest BCUT2D eigenvalue weighted by Gasteiger charge is -2.19. The molecule has 0 spiro atoms. The van der Waals surface area contributed by atoms with Gasteiger partial charge in [-0.1, -0.05) is 0 Å². The van der Waals surface area contributed by atoms with Gasteiger partial charge in [-0.05, 0) is 33.4 Å². The maximum Gasteiger partial charge on any atom is 0.104 e. The first-order valence-electron chi connectivity index (χ1n) is 5.24. The van der Waals surface area contributed by atoms with Crippen molar-refractivity contribution >= 4 is 11.8 Å². The second kappa shape index (κ2) is 5.37. The van der Waals surface area contributed by atoms with Gasteiger partial charge in [-0.25, -0.2) is 0 Å². The molecule has 4 nitrogen and oxygen atoms in total. The number of nitriles is 1. The van der Waals surface area contributed by atoms with E-state index in [4.69, 9.17) is 5.26 Å². The molecule has 0 aliphatic heterocycles. The van der Waals surface area contributed by atoms with Crippen molar-refractivity contribution in [1.29, 1.82) is 5.26 Å². The van der Waals surface area contributed by atoms with Crippen molar-refractivity contribution in [3.05, 3.63) is 11.8 Å². The molecule has 1 N–H and O–H groups in total. The minimum Gasteiger partial charge on any atom is -0.303 e. The molecule has 1 unspecified atom stereocenters. The van der Waals surface area contributed by atoms with Gasteiger partial charge in [0.1, 0.15) is 5.54 Å². The molecule has 1 aromatic rings. The third kappa shape index (κ3) is 3.26. The summed E-state index contributed by atoms with van der Waals surface area (Å²) < 4.78 is 1.88. The van der Waals surface area contributed by atoms with Crippen molar-refractivity contribution in [1.82, 2.24) is 15.1 Å². The fourth-order valence-electron chi connectivity index (χ4n) is 1.32. The summed E-state index contributed by atoms with van der Waals surface area (Å²) >= 11 is 1.73. The monoisotopic (exact) mass is 238 g/mol. The first kappa shape index (κ1) is 13.1. The molecule has 16 heavy (non-hydrogen) atoms. The molecular weight excluding hydrogens is 220 g/mol. The SMILES string of the molecule is CNC(C)(C#N)CCSc1cc(C)nn1C. The zero-order valence-electron chi connectivity index (χ0n) is 10.2.